The molecule has 0 spiro atoms. The average molecular weight is 407 g/mol. The van der Waals surface area contributed by atoms with Crippen molar-refractivity contribution >= 4 is 17.5 Å². The van der Waals surface area contributed by atoms with Gasteiger partial charge in [-0.25, -0.2) is 0 Å². The predicted octanol–water partition coefficient (Wildman–Crippen LogP) is 5.15. The lowest BCUT2D eigenvalue weighted by Crippen LogP contribution is -2.59. The number of nitrogens with one attached hydrogen (secondary N) is 1. The molecule has 2 aromatic carbocycles. The van der Waals surface area contributed by atoms with Crippen LogP contribution in [0.2, 0.25) is 0 Å². The number of benzene rings is 2. The highest BCUT2D eigenvalue weighted by molar-refractivity contribution is 6.13. The Kier molecular flexibility index (Phi) is 6.96. The van der Waals surface area contributed by atoms with Crippen molar-refractivity contribution < 1.29 is 9.59 Å². The van der Waals surface area contributed by atoms with Crippen LogP contribution in [0.25, 0.3) is 0 Å². The van der Waals surface area contributed by atoms with Gasteiger partial charge < -0.3 is 5.32 Å². The molecular weight excluding hydrogens is 372 g/mol. The fraction of sp³-hybridized carbons (Fsp3) is 0.462. The topological polar surface area (TPSA) is 49.4 Å². The smallest absolute Gasteiger partial charge is 0.259 e. The van der Waals surface area contributed by atoms with Gasteiger partial charge in [-0.1, -0.05) is 63.6 Å². The van der Waals surface area contributed by atoms with E-state index in [0.29, 0.717) is 30.9 Å². The van der Waals surface area contributed by atoms with Crippen molar-refractivity contribution in [3.05, 3.63) is 65.2 Å². The van der Waals surface area contributed by atoms with Crippen LogP contribution in [0.15, 0.2) is 48.5 Å². The molecule has 0 saturated heterocycles. The second-order valence-electron chi connectivity index (χ2n) is 8.89. The van der Waals surface area contributed by atoms with E-state index < -0.39 is 5.54 Å². The summed E-state index contributed by atoms with van der Waals surface area (Å²) in [6, 6.07) is 15.8. The van der Waals surface area contributed by atoms with Crippen LogP contribution in [0, 0.1) is 5.92 Å². The number of aryl methyl sites for hydroxylation is 2. The summed E-state index contributed by atoms with van der Waals surface area (Å²) in [6.07, 6.45) is 4.05. The van der Waals surface area contributed by atoms with E-state index in [1.165, 1.54) is 0 Å². The van der Waals surface area contributed by atoms with Gasteiger partial charge in [0.2, 0.25) is 5.91 Å². The van der Waals surface area contributed by atoms with Crippen LogP contribution in [-0.2, 0) is 17.6 Å². The first kappa shape index (κ1) is 22.1. The van der Waals surface area contributed by atoms with Crippen molar-refractivity contribution in [2.75, 3.05) is 11.4 Å². The van der Waals surface area contributed by atoms with E-state index in [0.717, 1.165) is 36.1 Å². The molecule has 1 aliphatic rings. The van der Waals surface area contributed by atoms with E-state index >= 15 is 0 Å². The first-order chi connectivity index (χ1) is 14.4. The Balaban J connectivity index is 2.08. The Morgan fingerprint density at radius 2 is 1.83 bits per heavy atom. The van der Waals surface area contributed by atoms with Crippen molar-refractivity contribution in [2.45, 2.75) is 65.3 Å². The van der Waals surface area contributed by atoms with Crippen molar-refractivity contribution in [1.82, 2.24) is 5.32 Å². The third kappa shape index (κ3) is 4.43. The molecule has 1 aliphatic heterocycles. The Hall–Kier alpha value is -2.62. The van der Waals surface area contributed by atoms with Crippen LogP contribution < -0.4 is 10.2 Å². The minimum Gasteiger partial charge on any atom is -0.354 e. The summed E-state index contributed by atoms with van der Waals surface area (Å²) in [6.45, 7) is 8.97. The van der Waals surface area contributed by atoms with Gasteiger partial charge in [0.1, 0.15) is 5.54 Å². The summed E-state index contributed by atoms with van der Waals surface area (Å²) < 4.78 is 0. The van der Waals surface area contributed by atoms with Gasteiger partial charge in [0, 0.05) is 17.8 Å². The van der Waals surface area contributed by atoms with Crippen LogP contribution in [0.4, 0.5) is 5.69 Å². The summed E-state index contributed by atoms with van der Waals surface area (Å²) >= 11 is 0. The number of hydrogen-bond donors (Lipinski definition) is 1. The van der Waals surface area contributed by atoms with E-state index in [-0.39, 0.29) is 11.8 Å². The zero-order chi connectivity index (χ0) is 21.7. The molecule has 2 amide bonds. The lowest BCUT2D eigenvalue weighted by atomic mass is 9.90. The monoisotopic (exact) mass is 406 g/mol. The van der Waals surface area contributed by atoms with E-state index in [4.69, 9.17) is 0 Å². The number of carbonyl (C=O) groups is 2. The van der Waals surface area contributed by atoms with E-state index in [1.54, 1.807) is 4.90 Å². The fourth-order valence-corrected chi connectivity index (χ4v) is 4.25. The highest BCUT2D eigenvalue weighted by atomic mass is 16.2. The molecule has 0 bridgehead atoms. The molecule has 1 heterocycles. The van der Waals surface area contributed by atoms with Crippen molar-refractivity contribution in [3.63, 3.8) is 0 Å². The fourth-order valence-electron chi connectivity index (χ4n) is 4.25. The second-order valence-corrected chi connectivity index (χ2v) is 8.89. The third-order valence-electron chi connectivity index (χ3n) is 6.07. The molecule has 0 aromatic heterocycles. The average Bonchev–Trinajstić information content (AvgIpc) is 2.84. The first-order valence-corrected chi connectivity index (χ1v) is 11.2. The van der Waals surface area contributed by atoms with E-state index in [9.17, 15) is 9.59 Å². The minimum atomic E-state index is -0.947. The van der Waals surface area contributed by atoms with Crippen LogP contribution in [0.5, 0.6) is 0 Å². The first-order valence-electron chi connectivity index (χ1n) is 11.2. The predicted molar refractivity (Wildman–Crippen MR) is 123 cm³/mol. The van der Waals surface area contributed by atoms with E-state index in [2.05, 4.69) is 32.2 Å². The van der Waals surface area contributed by atoms with Gasteiger partial charge in [-0.05, 0) is 61.8 Å². The summed E-state index contributed by atoms with van der Waals surface area (Å²) in [5.41, 5.74) is 2.72. The summed E-state index contributed by atoms with van der Waals surface area (Å²) in [7, 11) is 0. The van der Waals surface area contributed by atoms with Crippen molar-refractivity contribution in [2.24, 2.45) is 5.92 Å². The number of amides is 2. The zero-order valence-corrected chi connectivity index (χ0v) is 18.7. The highest BCUT2D eigenvalue weighted by Gasteiger charge is 2.45. The maximum absolute atomic E-state index is 13.8. The molecule has 0 aliphatic carbocycles. The summed E-state index contributed by atoms with van der Waals surface area (Å²) in [4.78, 5) is 29.1. The molecule has 0 radical (unpaired) electrons. The van der Waals surface area contributed by atoms with Crippen LogP contribution in [0.1, 0.15) is 68.4 Å². The molecule has 0 fully saturated rings. The Labute approximate surface area is 180 Å². The Morgan fingerprint density at radius 3 is 2.57 bits per heavy atom. The Bertz CT molecular complexity index is 905. The molecule has 4 heteroatoms. The maximum Gasteiger partial charge on any atom is 0.259 e. The van der Waals surface area contributed by atoms with Gasteiger partial charge >= 0.3 is 0 Å². The van der Waals surface area contributed by atoms with Gasteiger partial charge in [-0.2, -0.15) is 0 Å². The molecule has 30 heavy (non-hydrogen) atoms. The van der Waals surface area contributed by atoms with Crippen LogP contribution in [-0.4, -0.2) is 23.9 Å². The Morgan fingerprint density at radius 1 is 1.13 bits per heavy atom. The van der Waals surface area contributed by atoms with Gasteiger partial charge in [0.25, 0.3) is 5.91 Å². The normalized spacial score (nSPS) is 18.8. The molecule has 1 N–H and O–H groups in total. The van der Waals surface area contributed by atoms with Gasteiger partial charge in [0.15, 0.2) is 0 Å². The molecule has 1 atom stereocenters. The highest BCUT2D eigenvalue weighted by Crippen LogP contribution is 2.36. The van der Waals surface area contributed by atoms with E-state index in [1.807, 2.05) is 49.4 Å². The third-order valence-corrected chi connectivity index (χ3v) is 6.07. The summed E-state index contributed by atoms with van der Waals surface area (Å²) in [5, 5.41) is 3.12. The van der Waals surface area contributed by atoms with Gasteiger partial charge in [-0.3, -0.25) is 14.5 Å². The molecule has 1 unspecified atom stereocenters. The quantitative estimate of drug-likeness (QED) is 0.691. The van der Waals surface area contributed by atoms with Crippen LogP contribution in [0.3, 0.4) is 0 Å². The standard InChI is InChI=1S/C26H34N2O2/c1-5-10-21-12-7-9-14-23(21)28-24(29)22-13-8-6-11-20(22)15-17-26(28,4)25(30)27-18-16-19(2)3/h6-9,11-14,19H,5,10,15-18H2,1-4H3,(H,27,30). The minimum absolute atomic E-state index is 0.0735. The lowest BCUT2D eigenvalue weighted by molar-refractivity contribution is -0.126. The number of fused-ring (bicyclic) bond motifs is 1. The molecule has 3 rings (SSSR count). The largest absolute Gasteiger partial charge is 0.354 e. The number of anilines is 1. The molecular formula is C26H34N2O2. The molecule has 160 valence electrons. The maximum atomic E-state index is 13.8. The van der Waals surface area contributed by atoms with Crippen molar-refractivity contribution in [3.8, 4) is 0 Å². The lowest BCUT2D eigenvalue weighted by Gasteiger charge is -2.40. The molecule has 2 aromatic rings. The second kappa shape index (κ2) is 9.46. The zero-order valence-electron chi connectivity index (χ0n) is 18.7. The number of hydrogen-bond acceptors (Lipinski definition) is 2. The molecule has 4 nitrogen and oxygen atoms in total. The number of carbonyl (C=O) groups excluding carboxylic acids is 2. The number of rotatable bonds is 7. The van der Waals surface area contributed by atoms with Gasteiger partial charge in [0.05, 0.1) is 0 Å². The van der Waals surface area contributed by atoms with Crippen LogP contribution >= 0.6 is 0 Å². The SMILES string of the molecule is CCCc1ccccc1N1C(=O)c2ccccc2CCC1(C)C(=O)NCCC(C)C. The van der Waals surface area contributed by atoms with Crippen molar-refractivity contribution in [1.29, 1.82) is 0 Å². The van der Waals surface area contributed by atoms with Gasteiger partial charge in [-0.15, -0.1) is 0 Å². The number of nitrogens with zero attached hydrogens (tertiary/aromatic N) is 1. The molecule has 0 saturated carbocycles. The number of para-hydroxylation sites is 1. The summed E-state index contributed by atoms with van der Waals surface area (Å²) in [5.74, 6) is 0.350.